The Hall–Kier alpha value is -1.60. The van der Waals surface area contributed by atoms with Crippen molar-refractivity contribution in [3.05, 3.63) is 71.8 Å². The van der Waals surface area contributed by atoms with Gasteiger partial charge in [-0.25, -0.2) is 0 Å². The second-order valence-electron chi connectivity index (χ2n) is 6.53. The lowest BCUT2D eigenvalue weighted by Crippen LogP contribution is -2.28. The summed E-state index contributed by atoms with van der Waals surface area (Å²) in [7, 11) is 0. The molecule has 0 bridgehead atoms. The van der Waals surface area contributed by atoms with E-state index in [4.69, 9.17) is 0 Å². The predicted molar refractivity (Wildman–Crippen MR) is 94.0 cm³/mol. The largest absolute Gasteiger partial charge is 0.314 e. The lowest BCUT2D eigenvalue weighted by atomic mass is 9.89. The fourth-order valence-electron chi connectivity index (χ4n) is 3.66. The summed E-state index contributed by atoms with van der Waals surface area (Å²) in [5.41, 5.74) is 2.97. The van der Waals surface area contributed by atoms with Crippen LogP contribution in [0.3, 0.4) is 0 Å². The smallest absolute Gasteiger partial charge is 0.00989 e. The van der Waals surface area contributed by atoms with E-state index in [1.54, 1.807) is 0 Å². The Kier molecular flexibility index (Phi) is 5.66. The van der Waals surface area contributed by atoms with Crippen LogP contribution in [0, 0.1) is 5.92 Å². The quantitative estimate of drug-likeness (QED) is 0.734. The monoisotopic (exact) mass is 293 g/mol. The van der Waals surface area contributed by atoms with E-state index in [1.807, 2.05) is 0 Å². The zero-order valence-electron chi connectivity index (χ0n) is 13.4. The average Bonchev–Trinajstić information content (AvgIpc) is 3.01. The minimum Gasteiger partial charge on any atom is -0.314 e. The SMILES string of the molecule is c1ccc(CCCCC2NCCC2Cc2ccccc2)cc1. The fourth-order valence-corrected chi connectivity index (χ4v) is 3.66. The molecule has 0 saturated carbocycles. The van der Waals surface area contributed by atoms with E-state index in [0.717, 1.165) is 12.0 Å². The Labute approximate surface area is 134 Å². The maximum absolute atomic E-state index is 3.73. The van der Waals surface area contributed by atoms with Gasteiger partial charge in [0.05, 0.1) is 0 Å². The van der Waals surface area contributed by atoms with Gasteiger partial charge in [0.1, 0.15) is 0 Å². The van der Waals surface area contributed by atoms with Crippen molar-refractivity contribution in [3.63, 3.8) is 0 Å². The molecule has 0 aliphatic carbocycles. The van der Waals surface area contributed by atoms with E-state index >= 15 is 0 Å². The summed E-state index contributed by atoms with van der Waals surface area (Å²) in [4.78, 5) is 0. The second-order valence-corrected chi connectivity index (χ2v) is 6.53. The number of nitrogens with one attached hydrogen (secondary N) is 1. The highest BCUT2D eigenvalue weighted by atomic mass is 14.9. The third kappa shape index (κ3) is 4.45. The Morgan fingerprint density at radius 2 is 1.50 bits per heavy atom. The third-order valence-corrected chi connectivity index (χ3v) is 4.90. The molecule has 0 aromatic heterocycles. The number of aryl methyl sites for hydroxylation is 1. The molecule has 1 heterocycles. The van der Waals surface area contributed by atoms with E-state index in [9.17, 15) is 0 Å². The summed E-state index contributed by atoms with van der Waals surface area (Å²) in [6.07, 6.45) is 7.74. The molecule has 2 unspecified atom stereocenters. The first kappa shape index (κ1) is 15.3. The molecule has 1 nitrogen and oxygen atoms in total. The highest BCUT2D eigenvalue weighted by molar-refractivity contribution is 5.16. The Balaban J connectivity index is 1.41. The van der Waals surface area contributed by atoms with Gasteiger partial charge in [0.25, 0.3) is 0 Å². The van der Waals surface area contributed by atoms with Gasteiger partial charge in [-0.1, -0.05) is 67.1 Å². The summed E-state index contributed by atoms with van der Waals surface area (Å²) < 4.78 is 0. The van der Waals surface area contributed by atoms with Crippen LogP contribution < -0.4 is 5.32 Å². The zero-order chi connectivity index (χ0) is 15.0. The maximum Gasteiger partial charge on any atom is 0.00989 e. The number of unbranched alkanes of at least 4 members (excludes halogenated alkanes) is 1. The van der Waals surface area contributed by atoms with Crippen molar-refractivity contribution < 1.29 is 0 Å². The molecule has 116 valence electrons. The average molecular weight is 293 g/mol. The van der Waals surface area contributed by atoms with E-state index < -0.39 is 0 Å². The van der Waals surface area contributed by atoms with E-state index in [1.165, 1.54) is 56.2 Å². The number of hydrogen-bond acceptors (Lipinski definition) is 1. The minimum absolute atomic E-state index is 0.718. The first-order chi connectivity index (χ1) is 10.9. The van der Waals surface area contributed by atoms with E-state index in [2.05, 4.69) is 66.0 Å². The van der Waals surface area contributed by atoms with Crippen molar-refractivity contribution in [2.75, 3.05) is 6.54 Å². The van der Waals surface area contributed by atoms with Crippen LogP contribution >= 0.6 is 0 Å². The van der Waals surface area contributed by atoms with Crippen LogP contribution in [0.15, 0.2) is 60.7 Å². The molecule has 1 saturated heterocycles. The molecular weight excluding hydrogens is 266 g/mol. The summed E-state index contributed by atoms with van der Waals surface area (Å²) in [6, 6.07) is 22.5. The molecule has 1 heteroatoms. The van der Waals surface area contributed by atoms with Crippen molar-refractivity contribution in [2.45, 2.75) is 44.6 Å². The van der Waals surface area contributed by atoms with Gasteiger partial charge < -0.3 is 5.32 Å². The summed E-state index contributed by atoms with van der Waals surface area (Å²) in [5.74, 6) is 0.819. The van der Waals surface area contributed by atoms with E-state index in [0.29, 0.717) is 0 Å². The van der Waals surface area contributed by atoms with Gasteiger partial charge in [0.15, 0.2) is 0 Å². The van der Waals surface area contributed by atoms with Gasteiger partial charge in [0.2, 0.25) is 0 Å². The molecule has 0 radical (unpaired) electrons. The van der Waals surface area contributed by atoms with Crippen LogP contribution in [0.2, 0.25) is 0 Å². The van der Waals surface area contributed by atoms with Crippen molar-refractivity contribution in [1.82, 2.24) is 5.32 Å². The van der Waals surface area contributed by atoms with Crippen LogP contribution in [0.25, 0.3) is 0 Å². The van der Waals surface area contributed by atoms with Crippen LogP contribution in [0.1, 0.15) is 36.8 Å². The molecule has 0 spiro atoms. The van der Waals surface area contributed by atoms with Gasteiger partial charge in [-0.05, 0) is 55.7 Å². The molecule has 2 aromatic rings. The Morgan fingerprint density at radius 3 is 2.23 bits per heavy atom. The second kappa shape index (κ2) is 8.14. The maximum atomic E-state index is 3.73. The summed E-state index contributed by atoms with van der Waals surface area (Å²) in [6.45, 7) is 1.20. The summed E-state index contributed by atoms with van der Waals surface area (Å²) >= 11 is 0. The van der Waals surface area contributed by atoms with Gasteiger partial charge >= 0.3 is 0 Å². The summed E-state index contributed by atoms with van der Waals surface area (Å²) in [5, 5.41) is 3.73. The van der Waals surface area contributed by atoms with Crippen LogP contribution in [0.5, 0.6) is 0 Å². The lowest BCUT2D eigenvalue weighted by Gasteiger charge is -2.19. The highest BCUT2D eigenvalue weighted by Gasteiger charge is 2.26. The van der Waals surface area contributed by atoms with Crippen molar-refractivity contribution in [1.29, 1.82) is 0 Å². The molecule has 1 fully saturated rings. The predicted octanol–water partition coefficient (Wildman–Crippen LogP) is 4.62. The van der Waals surface area contributed by atoms with E-state index in [-0.39, 0.29) is 0 Å². The number of benzene rings is 2. The van der Waals surface area contributed by atoms with Gasteiger partial charge in [-0.3, -0.25) is 0 Å². The topological polar surface area (TPSA) is 12.0 Å². The molecular formula is C21H27N. The minimum atomic E-state index is 0.718. The lowest BCUT2D eigenvalue weighted by molar-refractivity contribution is 0.407. The molecule has 2 aromatic carbocycles. The van der Waals surface area contributed by atoms with Gasteiger partial charge in [-0.2, -0.15) is 0 Å². The first-order valence-electron chi connectivity index (χ1n) is 8.73. The molecule has 1 N–H and O–H groups in total. The third-order valence-electron chi connectivity index (χ3n) is 4.90. The molecule has 2 atom stereocenters. The van der Waals surface area contributed by atoms with Crippen molar-refractivity contribution >= 4 is 0 Å². The normalized spacial score (nSPS) is 21.1. The van der Waals surface area contributed by atoms with Crippen LogP contribution in [-0.4, -0.2) is 12.6 Å². The highest BCUT2D eigenvalue weighted by Crippen LogP contribution is 2.24. The van der Waals surface area contributed by atoms with Gasteiger partial charge in [0, 0.05) is 6.04 Å². The first-order valence-corrected chi connectivity index (χ1v) is 8.73. The number of hydrogen-bond donors (Lipinski definition) is 1. The molecule has 1 aliphatic rings. The van der Waals surface area contributed by atoms with Crippen LogP contribution in [-0.2, 0) is 12.8 Å². The van der Waals surface area contributed by atoms with Crippen LogP contribution in [0.4, 0.5) is 0 Å². The Morgan fingerprint density at radius 1 is 0.818 bits per heavy atom. The van der Waals surface area contributed by atoms with Crippen molar-refractivity contribution in [3.8, 4) is 0 Å². The zero-order valence-corrected chi connectivity index (χ0v) is 13.4. The molecule has 3 rings (SSSR count). The molecule has 22 heavy (non-hydrogen) atoms. The van der Waals surface area contributed by atoms with Crippen molar-refractivity contribution in [2.24, 2.45) is 5.92 Å². The standard InChI is InChI=1S/C21H27N/c1-3-9-18(10-4-1)11-7-8-14-21-20(15-16-22-21)17-19-12-5-2-6-13-19/h1-6,9-10,12-13,20-22H,7-8,11,14-17H2. The molecule has 1 aliphatic heterocycles. The number of rotatable bonds is 7. The molecule has 0 amide bonds. The fraction of sp³-hybridized carbons (Fsp3) is 0.429. The Bertz CT molecular complexity index is 534. The van der Waals surface area contributed by atoms with Gasteiger partial charge in [-0.15, -0.1) is 0 Å².